The molecule has 0 aliphatic rings. The van der Waals surface area contributed by atoms with Crippen LogP contribution in [0, 0.1) is 0 Å². The van der Waals surface area contributed by atoms with Crippen molar-refractivity contribution in [3.63, 3.8) is 0 Å². The summed E-state index contributed by atoms with van der Waals surface area (Å²) in [5.74, 6) is -0.0367. The second-order valence-corrected chi connectivity index (χ2v) is 3.74. The molecule has 0 aromatic heterocycles. The van der Waals surface area contributed by atoms with Crippen molar-refractivity contribution < 1.29 is 4.79 Å². The highest BCUT2D eigenvalue weighted by atomic mass is 16.1. The van der Waals surface area contributed by atoms with Crippen LogP contribution in [0.3, 0.4) is 0 Å². The van der Waals surface area contributed by atoms with Crippen LogP contribution in [-0.4, -0.2) is 25.5 Å². The van der Waals surface area contributed by atoms with Crippen molar-refractivity contribution in [2.24, 2.45) is 0 Å². The predicted molar refractivity (Wildman–Crippen MR) is 71.6 cm³/mol. The van der Waals surface area contributed by atoms with Gasteiger partial charge in [-0.1, -0.05) is 37.3 Å². The van der Waals surface area contributed by atoms with Crippen molar-refractivity contribution in [1.29, 1.82) is 0 Å². The lowest BCUT2D eigenvalue weighted by molar-refractivity contribution is -0.116. The van der Waals surface area contributed by atoms with Gasteiger partial charge in [-0.05, 0) is 31.1 Å². The number of nitrogens with one attached hydrogen (secondary N) is 2. The van der Waals surface area contributed by atoms with Crippen molar-refractivity contribution in [2.45, 2.75) is 13.3 Å². The summed E-state index contributed by atoms with van der Waals surface area (Å²) in [6, 6.07) is 9.80. The lowest BCUT2D eigenvalue weighted by atomic mass is 10.2. The lowest BCUT2D eigenvalue weighted by Crippen LogP contribution is -2.25. The largest absolute Gasteiger partial charge is 0.353 e. The molecule has 0 unspecified atom stereocenters. The van der Waals surface area contributed by atoms with E-state index in [1.54, 1.807) is 6.08 Å². The van der Waals surface area contributed by atoms with E-state index in [2.05, 4.69) is 17.6 Å². The molecule has 92 valence electrons. The highest BCUT2D eigenvalue weighted by molar-refractivity contribution is 5.91. The van der Waals surface area contributed by atoms with Gasteiger partial charge in [-0.3, -0.25) is 4.79 Å². The molecule has 0 heterocycles. The molecule has 0 aliphatic heterocycles. The summed E-state index contributed by atoms with van der Waals surface area (Å²) in [5, 5.41) is 6.06. The van der Waals surface area contributed by atoms with Gasteiger partial charge in [0.1, 0.15) is 0 Å². The van der Waals surface area contributed by atoms with Crippen molar-refractivity contribution in [3.05, 3.63) is 42.0 Å². The molecular weight excluding hydrogens is 212 g/mol. The summed E-state index contributed by atoms with van der Waals surface area (Å²) in [4.78, 5) is 11.4. The monoisotopic (exact) mass is 232 g/mol. The van der Waals surface area contributed by atoms with Crippen molar-refractivity contribution in [1.82, 2.24) is 10.6 Å². The number of hydrogen-bond acceptors (Lipinski definition) is 2. The number of amides is 1. The Kier molecular flexibility index (Phi) is 6.75. The average molecular weight is 232 g/mol. The van der Waals surface area contributed by atoms with Gasteiger partial charge in [0, 0.05) is 12.6 Å². The van der Waals surface area contributed by atoms with Crippen molar-refractivity contribution >= 4 is 12.0 Å². The summed E-state index contributed by atoms with van der Waals surface area (Å²) < 4.78 is 0. The zero-order valence-electron chi connectivity index (χ0n) is 10.3. The molecule has 1 aromatic rings. The molecule has 0 spiro atoms. The molecule has 17 heavy (non-hydrogen) atoms. The molecule has 0 bridgehead atoms. The summed E-state index contributed by atoms with van der Waals surface area (Å²) in [7, 11) is 0. The third-order valence-electron chi connectivity index (χ3n) is 2.31. The van der Waals surface area contributed by atoms with Crippen LogP contribution < -0.4 is 10.6 Å². The Morgan fingerprint density at radius 3 is 2.71 bits per heavy atom. The molecule has 3 nitrogen and oxygen atoms in total. The van der Waals surface area contributed by atoms with E-state index in [1.807, 2.05) is 36.4 Å². The first-order valence-electron chi connectivity index (χ1n) is 6.04. The zero-order valence-corrected chi connectivity index (χ0v) is 10.3. The van der Waals surface area contributed by atoms with Gasteiger partial charge in [0.15, 0.2) is 0 Å². The van der Waals surface area contributed by atoms with Gasteiger partial charge in [0.05, 0.1) is 0 Å². The highest BCUT2D eigenvalue weighted by Gasteiger charge is 1.93. The normalized spacial score (nSPS) is 10.6. The second-order valence-electron chi connectivity index (χ2n) is 3.74. The molecule has 0 aliphatic carbocycles. The van der Waals surface area contributed by atoms with Gasteiger partial charge in [-0.15, -0.1) is 0 Å². The first kappa shape index (κ1) is 13.5. The molecule has 1 aromatic carbocycles. The lowest BCUT2D eigenvalue weighted by Gasteiger charge is -2.02. The Labute approximate surface area is 103 Å². The van der Waals surface area contributed by atoms with Crippen LogP contribution in [0.2, 0.25) is 0 Å². The van der Waals surface area contributed by atoms with Crippen LogP contribution in [0.15, 0.2) is 36.4 Å². The minimum Gasteiger partial charge on any atom is -0.353 e. The first-order valence-corrected chi connectivity index (χ1v) is 6.04. The van der Waals surface area contributed by atoms with E-state index >= 15 is 0 Å². The fraction of sp³-hybridized carbons (Fsp3) is 0.357. The number of carbonyl (C=O) groups excluding carboxylic acids is 1. The fourth-order valence-electron chi connectivity index (χ4n) is 1.40. The van der Waals surface area contributed by atoms with Crippen LogP contribution in [0.5, 0.6) is 0 Å². The van der Waals surface area contributed by atoms with Crippen LogP contribution in [0.1, 0.15) is 18.9 Å². The van der Waals surface area contributed by atoms with Gasteiger partial charge in [0.2, 0.25) is 5.91 Å². The number of benzene rings is 1. The number of hydrogen-bond donors (Lipinski definition) is 2. The van der Waals surface area contributed by atoms with E-state index in [1.165, 1.54) is 0 Å². The van der Waals surface area contributed by atoms with Crippen LogP contribution in [0.25, 0.3) is 6.08 Å². The Morgan fingerprint density at radius 1 is 1.24 bits per heavy atom. The minimum absolute atomic E-state index is 0.0367. The maximum absolute atomic E-state index is 11.4. The Bertz CT molecular complexity index is 346. The maximum atomic E-state index is 11.4. The standard InChI is InChI=1S/C14H20N2O/c1-2-15-11-6-12-16-14(17)10-9-13-7-4-3-5-8-13/h3-5,7-10,15H,2,6,11-12H2,1H3,(H,16,17)/b10-9+. The molecule has 0 atom stereocenters. The third kappa shape index (κ3) is 6.53. The predicted octanol–water partition coefficient (Wildman–Crippen LogP) is 1.82. The first-order chi connectivity index (χ1) is 8.33. The van der Waals surface area contributed by atoms with E-state index in [0.717, 1.165) is 25.1 Å². The van der Waals surface area contributed by atoms with E-state index in [0.29, 0.717) is 6.54 Å². The second kappa shape index (κ2) is 8.53. The van der Waals surface area contributed by atoms with E-state index in [4.69, 9.17) is 0 Å². The smallest absolute Gasteiger partial charge is 0.243 e. The van der Waals surface area contributed by atoms with Crippen LogP contribution >= 0.6 is 0 Å². The molecule has 0 saturated heterocycles. The average Bonchev–Trinajstić information content (AvgIpc) is 2.37. The van der Waals surface area contributed by atoms with E-state index in [9.17, 15) is 4.79 Å². The SMILES string of the molecule is CCNCCCNC(=O)/C=C/c1ccccc1. The zero-order chi connectivity index (χ0) is 12.3. The quantitative estimate of drug-likeness (QED) is 0.556. The van der Waals surface area contributed by atoms with Gasteiger partial charge < -0.3 is 10.6 Å². The van der Waals surface area contributed by atoms with E-state index in [-0.39, 0.29) is 5.91 Å². The van der Waals surface area contributed by atoms with E-state index < -0.39 is 0 Å². The molecule has 0 saturated carbocycles. The Morgan fingerprint density at radius 2 is 2.00 bits per heavy atom. The molecule has 1 amide bonds. The van der Waals surface area contributed by atoms with Gasteiger partial charge in [-0.25, -0.2) is 0 Å². The fourth-order valence-corrected chi connectivity index (χ4v) is 1.40. The summed E-state index contributed by atoms with van der Waals surface area (Å²) in [5.41, 5.74) is 1.04. The van der Waals surface area contributed by atoms with Crippen LogP contribution in [-0.2, 0) is 4.79 Å². The topological polar surface area (TPSA) is 41.1 Å². The van der Waals surface area contributed by atoms with Crippen molar-refractivity contribution in [3.8, 4) is 0 Å². The van der Waals surface area contributed by atoms with Gasteiger partial charge >= 0.3 is 0 Å². The molecule has 0 radical (unpaired) electrons. The van der Waals surface area contributed by atoms with Gasteiger partial charge in [-0.2, -0.15) is 0 Å². The number of rotatable bonds is 7. The Balaban J connectivity index is 2.19. The minimum atomic E-state index is -0.0367. The molecule has 0 fully saturated rings. The molecule has 3 heteroatoms. The highest BCUT2D eigenvalue weighted by Crippen LogP contribution is 2.00. The number of carbonyl (C=O) groups is 1. The maximum Gasteiger partial charge on any atom is 0.243 e. The third-order valence-corrected chi connectivity index (χ3v) is 2.31. The van der Waals surface area contributed by atoms with Crippen LogP contribution in [0.4, 0.5) is 0 Å². The molecule has 2 N–H and O–H groups in total. The molecular formula is C14H20N2O. The van der Waals surface area contributed by atoms with Gasteiger partial charge in [0.25, 0.3) is 0 Å². The van der Waals surface area contributed by atoms with Crippen molar-refractivity contribution in [2.75, 3.05) is 19.6 Å². The Hall–Kier alpha value is -1.61. The summed E-state index contributed by atoms with van der Waals surface area (Å²) in [6.45, 7) is 4.70. The summed E-state index contributed by atoms with van der Waals surface area (Å²) in [6.07, 6.45) is 4.35. The molecule has 1 rings (SSSR count). The summed E-state index contributed by atoms with van der Waals surface area (Å²) >= 11 is 0.